The lowest BCUT2D eigenvalue weighted by atomic mass is 9.94. The quantitative estimate of drug-likeness (QED) is 0.782. The highest BCUT2D eigenvalue weighted by molar-refractivity contribution is 5.99. The summed E-state index contributed by atoms with van der Waals surface area (Å²) in [6.45, 7) is 6.02. The molecular formula is C15H20N2O3. The molecule has 0 atom stereocenters. The maximum atomic E-state index is 12.3. The number of nitrogens with zero attached hydrogens (tertiary/aromatic N) is 1. The number of hydrogen-bond donors (Lipinski definition) is 2. The molecular weight excluding hydrogens is 256 g/mol. The van der Waals surface area contributed by atoms with Gasteiger partial charge in [-0.25, -0.2) is 4.79 Å². The van der Waals surface area contributed by atoms with Crippen molar-refractivity contribution in [3.63, 3.8) is 0 Å². The highest BCUT2D eigenvalue weighted by atomic mass is 16.4. The van der Waals surface area contributed by atoms with Crippen LogP contribution in [0.1, 0.15) is 49.5 Å². The number of pyridine rings is 1. The Morgan fingerprint density at radius 2 is 2.05 bits per heavy atom. The zero-order chi connectivity index (χ0) is 15.2. The average molecular weight is 276 g/mol. The van der Waals surface area contributed by atoms with Gasteiger partial charge in [0.15, 0.2) is 0 Å². The molecule has 0 saturated heterocycles. The summed E-state index contributed by atoms with van der Waals surface area (Å²) in [5.41, 5.74) is 0.640. The molecule has 1 amide bonds. The maximum Gasteiger partial charge on any atom is 0.328 e. The first-order valence-electron chi connectivity index (χ1n) is 6.59. The fraction of sp³-hybridized carbons (Fsp3) is 0.400. The van der Waals surface area contributed by atoms with Crippen LogP contribution in [-0.2, 0) is 4.79 Å². The largest absolute Gasteiger partial charge is 0.478 e. The Morgan fingerprint density at radius 3 is 2.60 bits per heavy atom. The van der Waals surface area contributed by atoms with Gasteiger partial charge in [0.1, 0.15) is 0 Å². The van der Waals surface area contributed by atoms with Gasteiger partial charge in [-0.3, -0.25) is 9.78 Å². The van der Waals surface area contributed by atoms with Gasteiger partial charge < -0.3 is 10.4 Å². The van der Waals surface area contributed by atoms with Crippen LogP contribution in [0.3, 0.4) is 0 Å². The van der Waals surface area contributed by atoms with E-state index in [4.69, 9.17) is 5.11 Å². The van der Waals surface area contributed by atoms with E-state index in [0.29, 0.717) is 11.1 Å². The molecule has 5 heteroatoms. The molecule has 0 saturated carbocycles. The first kappa shape index (κ1) is 15.9. The molecule has 1 heterocycles. The minimum atomic E-state index is -1.06. The molecule has 1 aromatic rings. The third-order valence-corrected chi connectivity index (χ3v) is 3.48. The van der Waals surface area contributed by atoms with Crippen molar-refractivity contribution in [2.45, 2.75) is 39.2 Å². The van der Waals surface area contributed by atoms with E-state index in [1.54, 1.807) is 6.07 Å². The number of carbonyl (C=O) groups excluding carboxylic acids is 1. The Hall–Kier alpha value is -2.17. The van der Waals surface area contributed by atoms with Gasteiger partial charge in [0, 0.05) is 35.1 Å². The number of amides is 1. The Bertz CT molecular complexity index is 520. The normalized spacial score (nSPS) is 11.6. The number of carbonyl (C=O) groups is 2. The van der Waals surface area contributed by atoms with E-state index < -0.39 is 5.97 Å². The Balaban J connectivity index is 3.02. The lowest BCUT2D eigenvalue weighted by Gasteiger charge is -2.28. The zero-order valence-corrected chi connectivity index (χ0v) is 12.0. The number of carboxylic acid groups (broad SMARTS) is 1. The van der Waals surface area contributed by atoms with Crippen molar-refractivity contribution < 1.29 is 14.7 Å². The van der Waals surface area contributed by atoms with E-state index in [0.717, 1.165) is 18.9 Å². The molecule has 0 aliphatic heterocycles. The summed E-state index contributed by atoms with van der Waals surface area (Å²) >= 11 is 0. The van der Waals surface area contributed by atoms with Crippen LogP contribution >= 0.6 is 0 Å². The van der Waals surface area contributed by atoms with E-state index in [1.165, 1.54) is 18.5 Å². The standard InChI is InChI=1S/C15H20N2O3/c1-4-15(3,5-2)17-14(20)12-8-9-16-10-11(12)6-7-13(18)19/h6-10H,4-5H2,1-3H3,(H,17,20)(H,18,19)/b7-6+. The van der Waals surface area contributed by atoms with Crippen molar-refractivity contribution in [3.05, 3.63) is 35.7 Å². The predicted molar refractivity (Wildman–Crippen MR) is 77.4 cm³/mol. The lowest BCUT2D eigenvalue weighted by molar-refractivity contribution is -0.131. The Morgan fingerprint density at radius 1 is 1.40 bits per heavy atom. The fourth-order valence-corrected chi connectivity index (χ4v) is 1.68. The summed E-state index contributed by atoms with van der Waals surface area (Å²) < 4.78 is 0. The van der Waals surface area contributed by atoms with Gasteiger partial charge in [0.25, 0.3) is 5.91 Å². The van der Waals surface area contributed by atoms with Crippen LogP contribution in [0.15, 0.2) is 24.5 Å². The first-order chi connectivity index (χ1) is 9.41. The van der Waals surface area contributed by atoms with Gasteiger partial charge in [-0.05, 0) is 31.9 Å². The molecule has 2 N–H and O–H groups in total. The van der Waals surface area contributed by atoms with Crippen molar-refractivity contribution in [1.29, 1.82) is 0 Å². The average Bonchev–Trinajstić information content (AvgIpc) is 2.45. The lowest BCUT2D eigenvalue weighted by Crippen LogP contribution is -2.45. The second-order valence-electron chi connectivity index (χ2n) is 4.86. The SMILES string of the molecule is CCC(C)(CC)NC(=O)c1ccncc1/C=C/C(=O)O. The van der Waals surface area contributed by atoms with E-state index >= 15 is 0 Å². The van der Waals surface area contributed by atoms with Gasteiger partial charge in [-0.1, -0.05) is 13.8 Å². The smallest absolute Gasteiger partial charge is 0.328 e. The molecule has 0 radical (unpaired) electrons. The Kier molecular flexibility index (Phi) is 5.43. The molecule has 0 unspecified atom stereocenters. The zero-order valence-electron chi connectivity index (χ0n) is 12.0. The molecule has 0 aromatic carbocycles. The van der Waals surface area contributed by atoms with E-state index in [9.17, 15) is 9.59 Å². The number of hydrogen-bond acceptors (Lipinski definition) is 3. The highest BCUT2D eigenvalue weighted by Gasteiger charge is 2.23. The summed E-state index contributed by atoms with van der Waals surface area (Å²) in [6.07, 6.45) is 7.00. The summed E-state index contributed by atoms with van der Waals surface area (Å²) in [7, 11) is 0. The third-order valence-electron chi connectivity index (χ3n) is 3.48. The van der Waals surface area contributed by atoms with Crippen molar-refractivity contribution in [1.82, 2.24) is 10.3 Å². The number of rotatable bonds is 6. The van der Waals surface area contributed by atoms with Crippen LogP contribution in [0.25, 0.3) is 6.08 Å². The summed E-state index contributed by atoms with van der Waals surface area (Å²) in [6, 6.07) is 1.59. The fourth-order valence-electron chi connectivity index (χ4n) is 1.68. The number of carboxylic acids is 1. The summed E-state index contributed by atoms with van der Waals surface area (Å²) in [5.74, 6) is -1.28. The minimum Gasteiger partial charge on any atom is -0.478 e. The number of nitrogens with one attached hydrogen (secondary N) is 1. The predicted octanol–water partition coefficient (Wildman–Crippen LogP) is 2.49. The van der Waals surface area contributed by atoms with Crippen LogP contribution in [-0.4, -0.2) is 27.5 Å². The van der Waals surface area contributed by atoms with Crippen LogP contribution in [0.4, 0.5) is 0 Å². The molecule has 0 bridgehead atoms. The van der Waals surface area contributed by atoms with Gasteiger partial charge in [-0.15, -0.1) is 0 Å². The van der Waals surface area contributed by atoms with Crippen molar-refractivity contribution in [2.24, 2.45) is 0 Å². The van der Waals surface area contributed by atoms with E-state index in [2.05, 4.69) is 10.3 Å². The van der Waals surface area contributed by atoms with Crippen molar-refractivity contribution >= 4 is 18.0 Å². The Labute approximate surface area is 118 Å². The molecule has 1 rings (SSSR count). The van der Waals surface area contributed by atoms with Gasteiger partial charge >= 0.3 is 5.97 Å². The van der Waals surface area contributed by atoms with Crippen LogP contribution in [0, 0.1) is 0 Å². The number of aromatic nitrogens is 1. The molecule has 5 nitrogen and oxygen atoms in total. The van der Waals surface area contributed by atoms with Crippen molar-refractivity contribution in [2.75, 3.05) is 0 Å². The molecule has 20 heavy (non-hydrogen) atoms. The number of aliphatic carboxylic acids is 1. The molecule has 0 spiro atoms. The van der Waals surface area contributed by atoms with Crippen molar-refractivity contribution in [3.8, 4) is 0 Å². The van der Waals surface area contributed by atoms with Gasteiger partial charge in [-0.2, -0.15) is 0 Å². The van der Waals surface area contributed by atoms with Crippen LogP contribution in [0.5, 0.6) is 0 Å². The monoisotopic (exact) mass is 276 g/mol. The first-order valence-corrected chi connectivity index (χ1v) is 6.59. The van der Waals surface area contributed by atoms with Crippen LogP contribution < -0.4 is 5.32 Å². The van der Waals surface area contributed by atoms with E-state index in [-0.39, 0.29) is 11.4 Å². The topological polar surface area (TPSA) is 79.3 Å². The second kappa shape index (κ2) is 6.84. The molecule has 0 aliphatic carbocycles. The summed E-state index contributed by atoms with van der Waals surface area (Å²) in [5, 5.41) is 11.6. The van der Waals surface area contributed by atoms with Gasteiger partial charge in [0.05, 0.1) is 0 Å². The summed E-state index contributed by atoms with van der Waals surface area (Å²) in [4.78, 5) is 26.8. The maximum absolute atomic E-state index is 12.3. The minimum absolute atomic E-state index is 0.219. The second-order valence-corrected chi connectivity index (χ2v) is 4.86. The molecule has 1 aromatic heterocycles. The highest BCUT2D eigenvalue weighted by Crippen LogP contribution is 2.16. The molecule has 108 valence electrons. The molecule has 0 fully saturated rings. The molecule has 0 aliphatic rings. The third kappa shape index (κ3) is 4.19. The van der Waals surface area contributed by atoms with Gasteiger partial charge in [0.2, 0.25) is 0 Å². The van der Waals surface area contributed by atoms with E-state index in [1.807, 2.05) is 20.8 Å². The van der Waals surface area contributed by atoms with Crippen LogP contribution in [0.2, 0.25) is 0 Å².